The first-order valence-corrected chi connectivity index (χ1v) is 9.44. The Hall–Kier alpha value is -2.61. The summed E-state index contributed by atoms with van der Waals surface area (Å²) in [6, 6.07) is 5.80. The minimum absolute atomic E-state index is 0.0494. The number of carbonyl (C=O) groups excluding carboxylic acids is 2. The highest BCUT2D eigenvalue weighted by Gasteiger charge is 2.31. The lowest BCUT2D eigenvalue weighted by molar-refractivity contribution is -0.136. The van der Waals surface area contributed by atoms with E-state index in [1.807, 2.05) is 17.0 Å². The van der Waals surface area contributed by atoms with Crippen LogP contribution in [-0.2, 0) is 16.1 Å². The number of hydrogen-bond acceptors (Lipinski definition) is 6. The van der Waals surface area contributed by atoms with Crippen LogP contribution in [0.4, 0.5) is 5.69 Å². The van der Waals surface area contributed by atoms with Crippen LogP contribution >= 0.6 is 0 Å². The van der Waals surface area contributed by atoms with Crippen LogP contribution in [0, 0.1) is 0 Å². The number of nitrogens with one attached hydrogen (secondary N) is 1. The highest BCUT2D eigenvalue weighted by atomic mass is 16.5. The van der Waals surface area contributed by atoms with E-state index in [1.54, 1.807) is 11.0 Å². The van der Waals surface area contributed by atoms with Crippen LogP contribution in [0.15, 0.2) is 23.2 Å². The van der Waals surface area contributed by atoms with Crippen molar-refractivity contribution in [1.82, 2.24) is 15.1 Å². The number of amides is 2. The third kappa shape index (κ3) is 3.62. The van der Waals surface area contributed by atoms with Crippen molar-refractivity contribution in [2.24, 2.45) is 4.99 Å². The van der Waals surface area contributed by atoms with Crippen molar-refractivity contribution in [2.75, 3.05) is 26.3 Å². The second-order valence-corrected chi connectivity index (χ2v) is 7.14. The topological polar surface area (TPSA) is 94.5 Å². The van der Waals surface area contributed by atoms with Gasteiger partial charge in [-0.3, -0.25) is 14.9 Å². The van der Waals surface area contributed by atoms with Crippen LogP contribution in [0.2, 0.25) is 0 Å². The van der Waals surface area contributed by atoms with Crippen molar-refractivity contribution in [3.8, 4) is 5.75 Å². The molecule has 2 N–H and O–H groups in total. The number of hydrogen-bond donors (Lipinski definition) is 2. The molecule has 2 heterocycles. The molecule has 0 radical (unpaired) electrons. The van der Waals surface area contributed by atoms with E-state index < -0.39 is 0 Å². The molecule has 27 heavy (non-hydrogen) atoms. The molecule has 0 spiro atoms. The average molecular weight is 372 g/mol. The highest BCUT2D eigenvalue weighted by molar-refractivity contribution is 6.06. The van der Waals surface area contributed by atoms with Crippen LogP contribution in [-0.4, -0.2) is 65.0 Å². The van der Waals surface area contributed by atoms with E-state index in [0.717, 1.165) is 31.2 Å². The molecule has 2 amide bonds. The van der Waals surface area contributed by atoms with Gasteiger partial charge in [0.05, 0.1) is 6.61 Å². The molecule has 8 heteroatoms. The van der Waals surface area contributed by atoms with Gasteiger partial charge in [-0.05, 0) is 18.9 Å². The van der Waals surface area contributed by atoms with Crippen molar-refractivity contribution in [3.63, 3.8) is 0 Å². The number of guanidine groups is 1. The number of carbonyl (C=O) groups is 2. The molecule has 1 aromatic carbocycles. The Kier molecular flexibility index (Phi) is 4.98. The maximum absolute atomic E-state index is 12.7. The van der Waals surface area contributed by atoms with E-state index in [2.05, 4.69) is 10.3 Å². The molecule has 144 valence electrons. The summed E-state index contributed by atoms with van der Waals surface area (Å²) in [7, 11) is 0. The molecule has 0 unspecified atom stereocenters. The van der Waals surface area contributed by atoms with Gasteiger partial charge in [-0.1, -0.05) is 25.0 Å². The normalized spacial score (nSPS) is 18.6. The minimum Gasteiger partial charge on any atom is -0.481 e. The fourth-order valence-corrected chi connectivity index (χ4v) is 4.03. The lowest BCUT2D eigenvalue weighted by Gasteiger charge is -2.28. The van der Waals surface area contributed by atoms with Gasteiger partial charge >= 0.3 is 0 Å². The smallest absolute Gasteiger partial charge is 0.260 e. The quantitative estimate of drug-likeness (QED) is 0.769. The molecule has 3 aliphatic rings. The second kappa shape index (κ2) is 7.56. The second-order valence-electron chi connectivity index (χ2n) is 7.14. The molecule has 0 atom stereocenters. The Balaban J connectivity index is 1.47. The van der Waals surface area contributed by atoms with Crippen molar-refractivity contribution in [1.29, 1.82) is 0 Å². The van der Waals surface area contributed by atoms with Crippen LogP contribution in [0.25, 0.3) is 0 Å². The van der Waals surface area contributed by atoms with Crippen molar-refractivity contribution >= 4 is 23.5 Å². The summed E-state index contributed by atoms with van der Waals surface area (Å²) in [5.41, 5.74) is 1.62. The lowest BCUT2D eigenvalue weighted by atomic mass is 10.1. The Morgan fingerprint density at radius 2 is 2.15 bits per heavy atom. The zero-order valence-corrected chi connectivity index (χ0v) is 15.2. The van der Waals surface area contributed by atoms with Crippen LogP contribution in [0.1, 0.15) is 31.2 Å². The zero-order valence-electron chi connectivity index (χ0n) is 15.2. The summed E-state index contributed by atoms with van der Waals surface area (Å²) >= 11 is 0. The molecule has 2 fully saturated rings. The molecule has 8 nitrogen and oxygen atoms in total. The largest absolute Gasteiger partial charge is 0.481 e. The third-order valence-corrected chi connectivity index (χ3v) is 5.32. The molecule has 1 aromatic rings. The summed E-state index contributed by atoms with van der Waals surface area (Å²) in [5, 5.41) is 12.0. The zero-order chi connectivity index (χ0) is 18.8. The van der Waals surface area contributed by atoms with Gasteiger partial charge in [-0.15, -0.1) is 0 Å². The number of fused-ring (bicyclic) bond motifs is 2. The van der Waals surface area contributed by atoms with E-state index in [-0.39, 0.29) is 31.1 Å². The van der Waals surface area contributed by atoms with Crippen LogP contribution in [0.5, 0.6) is 5.75 Å². The standard InChI is InChI=1S/C19H24N4O4/c24-9-8-23(14-5-1-2-6-14)17(26)12-27-15-7-3-4-13-10-22-11-16(25)20-19(22)21-18(13)15/h3-4,7,14,24H,1-2,5-6,8-12H2,(H,20,21,25). The SMILES string of the molecule is O=C1CN2Cc3cccc(OCC(=O)N(CCO)C4CCCC4)c3N=C2N1. The van der Waals surface area contributed by atoms with Crippen LogP contribution in [0.3, 0.4) is 0 Å². The number of benzene rings is 1. The molecule has 1 aliphatic carbocycles. The molecule has 2 aliphatic heterocycles. The number of aliphatic hydroxyl groups is 1. The molecule has 0 bridgehead atoms. The van der Waals surface area contributed by atoms with Gasteiger partial charge in [0, 0.05) is 24.7 Å². The van der Waals surface area contributed by atoms with Crippen LogP contribution < -0.4 is 10.1 Å². The fraction of sp³-hybridized carbons (Fsp3) is 0.526. The number of rotatable bonds is 6. The average Bonchev–Trinajstić information content (AvgIpc) is 3.30. The number of nitrogens with zero attached hydrogens (tertiary/aromatic N) is 3. The maximum Gasteiger partial charge on any atom is 0.260 e. The number of ether oxygens (including phenoxy) is 1. The van der Waals surface area contributed by atoms with Crippen molar-refractivity contribution in [3.05, 3.63) is 23.8 Å². The minimum atomic E-state index is -0.118. The Morgan fingerprint density at radius 1 is 1.33 bits per heavy atom. The molecular weight excluding hydrogens is 348 g/mol. The van der Waals surface area contributed by atoms with Gasteiger partial charge in [0.25, 0.3) is 5.91 Å². The van der Waals surface area contributed by atoms with Crippen molar-refractivity contribution in [2.45, 2.75) is 38.3 Å². The van der Waals surface area contributed by atoms with Gasteiger partial charge in [0.1, 0.15) is 18.0 Å². The third-order valence-electron chi connectivity index (χ3n) is 5.32. The van der Waals surface area contributed by atoms with Gasteiger partial charge in [-0.25, -0.2) is 4.99 Å². The summed E-state index contributed by atoms with van der Waals surface area (Å²) in [5.74, 6) is 0.871. The molecule has 4 rings (SSSR count). The summed E-state index contributed by atoms with van der Waals surface area (Å²) in [4.78, 5) is 32.4. The summed E-state index contributed by atoms with van der Waals surface area (Å²) < 4.78 is 5.82. The van der Waals surface area contributed by atoms with Gasteiger partial charge in [0.15, 0.2) is 6.61 Å². The fourth-order valence-electron chi connectivity index (χ4n) is 4.03. The van der Waals surface area contributed by atoms with Gasteiger partial charge in [0.2, 0.25) is 11.9 Å². The Morgan fingerprint density at radius 3 is 2.93 bits per heavy atom. The van der Waals surface area contributed by atoms with E-state index in [4.69, 9.17) is 4.74 Å². The molecule has 0 aromatic heterocycles. The van der Waals surface area contributed by atoms with E-state index in [0.29, 0.717) is 37.0 Å². The van der Waals surface area contributed by atoms with E-state index in [1.165, 1.54) is 0 Å². The first-order valence-electron chi connectivity index (χ1n) is 9.44. The molecular formula is C19H24N4O4. The number of para-hydroxylation sites is 1. The Bertz CT molecular complexity index is 773. The molecule has 1 saturated carbocycles. The maximum atomic E-state index is 12.7. The predicted octanol–water partition coefficient (Wildman–Crippen LogP) is 0.762. The van der Waals surface area contributed by atoms with E-state index >= 15 is 0 Å². The first-order chi connectivity index (χ1) is 13.2. The predicted molar refractivity (Wildman–Crippen MR) is 98.6 cm³/mol. The van der Waals surface area contributed by atoms with E-state index in [9.17, 15) is 14.7 Å². The van der Waals surface area contributed by atoms with Gasteiger partial charge in [-0.2, -0.15) is 0 Å². The first kappa shape index (κ1) is 17.8. The summed E-state index contributed by atoms with van der Waals surface area (Å²) in [6.45, 7) is 1.08. The molecule has 1 saturated heterocycles. The highest BCUT2D eigenvalue weighted by Crippen LogP contribution is 2.36. The Labute approximate surface area is 157 Å². The number of aliphatic imine (C=N–C) groups is 1. The van der Waals surface area contributed by atoms with Gasteiger partial charge < -0.3 is 19.6 Å². The lowest BCUT2D eigenvalue weighted by Crippen LogP contribution is -2.43. The van der Waals surface area contributed by atoms with Crippen molar-refractivity contribution < 1.29 is 19.4 Å². The summed E-state index contributed by atoms with van der Waals surface area (Å²) in [6.07, 6.45) is 4.20. The monoisotopic (exact) mass is 372 g/mol. The number of aliphatic hydroxyl groups excluding tert-OH is 1.